The zero-order chi connectivity index (χ0) is 19.4. The highest BCUT2D eigenvalue weighted by molar-refractivity contribution is 6.30. The van der Waals surface area contributed by atoms with E-state index in [0.717, 1.165) is 0 Å². The summed E-state index contributed by atoms with van der Waals surface area (Å²) >= 11 is 5.87. The van der Waals surface area contributed by atoms with Gasteiger partial charge in [-0.1, -0.05) is 17.7 Å². The fourth-order valence-corrected chi connectivity index (χ4v) is 2.97. The van der Waals surface area contributed by atoms with E-state index >= 15 is 0 Å². The molecule has 7 nitrogen and oxygen atoms in total. The standard InChI is InChI=1S/C19H18ClN3O4/c20-13-2-1-3-14(9-13)22-17(24)11-27-16-6-4-15(5-7-16)23-10-12(19(21)26)8-18(23)25/h1-7,9,12H,8,10-11H2,(H2,21,26)(H,22,24). The van der Waals surface area contributed by atoms with Crippen LogP contribution in [0.1, 0.15) is 6.42 Å². The molecular weight excluding hydrogens is 370 g/mol. The Hall–Kier alpha value is -3.06. The largest absolute Gasteiger partial charge is 0.484 e. The molecule has 8 heteroatoms. The van der Waals surface area contributed by atoms with Gasteiger partial charge in [-0.15, -0.1) is 0 Å². The molecule has 0 saturated carbocycles. The van der Waals surface area contributed by atoms with Crippen molar-refractivity contribution in [3.8, 4) is 5.75 Å². The quantitative estimate of drug-likeness (QED) is 0.793. The van der Waals surface area contributed by atoms with Crippen molar-refractivity contribution in [2.45, 2.75) is 6.42 Å². The number of ether oxygens (including phenoxy) is 1. The van der Waals surface area contributed by atoms with Crippen LogP contribution in [0.4, 0.5) is 11.4 Å². The van der Waals surface area contributed by atoms with Crippen LogP contribution in [0.3, 0.4) is 0 Å². The normalized spacial score (nSPS) is 16.3. The summed E-state index contributed by atoms with van der Waals surface area (Å²) in [4.78, 5) is 36.7. The summed E-state index contributed by atoms with van der Waals surface area (Å²) < 4.78 is 5.45. The number of primary amides is 1. The van der Waals surface area contributed by atoms with Crippen LogP contribution in [0.5, 0.6) is 5.75 Å². The summed E-state index contributed by atoms with van der Waals surface area (Å²) in [6.45, 7) is 0.106. The Balaban J connectivity index is 1.54. The molecule has 1 aliphatic heterocycles. The molecule has 1 fully saturated rings. The number of hydrogen-bond donors (Lipinski definition) is 2. The average molecular weight is 388 g/mol. The SMILES string of the molecule is NC(=O)C1CC(=O)N(c2ccc(OCC(=O)Nc3cccc(Cl)c3)cc2)C1. The zero-order valence-electron chi connectivity index (χ0n) is 14.4. The highest BCUT2D eigenvalue weighted by Gasteiger charge is 2.33. The van der Waals surface area contributed by atoms with Crippen LogP contribution in [0, 0.1) is 5.92 Å². The van der Waals surface area contributed by atoms with E-state index in [1.54, 1.807) is 48.5 Å². The van der Waals surface area contributed by atoms with Gasteiger partial charge in [0.2, 0.25) is 11.8 Å². The van der Waals surface area contributed by atoms with Crippen LogP contribution < -0.4 is 20.7 Å². The average Bonchev–Trinajstić information content (AvgIpc) is 3.02. The number of anilines is 2. The molecule has 1 heterocycles. The molecule has 1 saturated heterocycles. The second kappa shape index (κ2) is 8.09. The van der Waals surface area contributed by atoms with Crippen LogP contribution in [-0.4, -0.2) is 30.9 Å². The van der Waals surface area contributed by atoms with Crippen molar-refractivity contribution in [2.75, 3.05) is 23.4 Å². The number of carbonyl (C=O) groups excluding carboxylic acids is 3. The third kappa shape index (κ3) is 4.77. The maximum absolute atomic E-state index is 12.0. The highest BCUT2D eigenvalue weighted by Crippen LogP contribution is 2.26. The molecule has 0 aromatic heterocycles. The lowest BCUT2D eigenvalue weighted by Crippen LogP contribution is -2.28. The van der Waals surface area contributed by atoms with E-state index in [-0.39, 0.29) is 31.4 Å². The zero-order valence-corrected chi connectivity index (χ0v) is 15.1. The lowest BCUT2D eigenvalue weighted by molar-refractivity contribution is -0.123. The molecule has 0 aliphatic carbocycles. The Bertz CT molecular complexity index is 870. The number of amides is 3. The first kappa shape index (κ1) is 18.7. The Morgan fingerprint density at radius 2 is 1.96 bits per heavy atom. The predicted octanol–water partition coefficient (Wildman–Crippen LogP) is 2.20. The van der Waals surface area contributed by atoms with Crippen molar-refractivity contribution in [1.29, 1.82) is 0 Å². The third-order valence-corrected chi connectivity index (χ3v) is 4.39. The van der Waals surface area contributed by atoms with Gasteiger partial charge in [-0.05, 0) is 42.5 Å². The third-order valence-electron chi connectivity index (χ3n) is 4.15. The summed E-state index contributed by atoms with van der Waals surface area (Å²) in [6.07, 6.45) is 0.122. The fraction of sp³-hybridized carbons (Fsp3) is 0.211. The van der Waals surface area contributed by atoms with Crippen LogP contribution in [-0.2, 0) is 14.4 Å². The first-order valence-corrected chi connectivity index (χ1v) is 8.68. The number of rotatable bonds is 6. The van der Waals surface area contributed by atoms with Gasteiger partial charge in [0.15, 0.2) is 6.61 Å². The van der Waals surface area contributed by atoms with Gasteiger partial charge in [0.25, 0.3) is 5.91 Å². The van der Waals surface area contributed by atoms with E-state index < -0.39 is 11.8 Å². The van der Waals surface area contributed by atoms with Gasteiger partial charge in [0, 0.05) is 29.4 Å². The molecular formula is C19H18ClN3O4. The van der Waals surface area contributed by atoms with E-state index in [0.29, 0.717) is 22.1 Å². The van der Waals surface area contributed by atoms with Crippen molar-refractivity contribution < 1.29 is 19.1 Å². The maximum Gasteiger partial charge on any atom is 0.262 e. The summed E-state index contributed by atoms with van der Waals surface area (Å²) in [5.74, 6) is -0.924. The van der Waals surface area contributed by atoms with E-state index in [9.17, 15) is 14.4 Å². The summed E-state index contributed by atoms with van der Waals surface area (Å²) in [5.41, 5.74) is 6.51. The maximum atomic E-state index is 12.0. The second-order valence-electron chi connectivity index (χ2n) is 6.15. The number of nitrogens with two attached hydrogens (primary N) is 1. The van der Waals surface area contributed by atoms with Gasteiger partial charge in [-0.3, -0.25) is 14.4 Å². The Morgan fingerprint density at radius 3 is 2.59 bits per heavy atom. The smallest absolute Gasteiger partial charge is 0.262 e. The van der Waals surface area contributed by atoms with Gasteiger partial charge in [-0.25, -0.2) is 0 Å². The molecule has 3 rings (SSSR count). The molecule has 3 amide bonds. The van der Waals surface area contributed by atoms with E-state index in [4.69, 9.17) is 22.1 Å². The molecule has 0 radical (unpaired) electrons. The molecule has 2 aromatic carbocycles. The van der Waals surface area contributed by atoms with Crippen molar-refractivity contribution in [1.82, 2.24) is 0 Å². The Labute approximate surface area is 161 Å². The van der Waals surface area contributed by atoms with Crippen molar-refractivity contribution in [2.24, 2.45) is 11.7 Å². The number of nitrogens with one attached hydrogen (secondary N) is 1. The lowest BCUT2D eigenvalue weighted by Gasteiger charge is -2.16. The van der Waals surface area contributed by atoms with Gasteiger partial charge < -0.3 is 20.7 Å². The van der Waals surface area contributed by atoms with Crippen LogP contribution in [0.25, 0.3) is 0 Å². The molecule has 27 heavy (non-hydrogen) atoms. The number of nitrogens with zero attached hydrogens (tertiary/aromatic N) is 1. The summed E-state index contributed by atoms with van der Waals surface area (Å²) in [6, 6.07) is 13.5. The lowest BCUT2D eigenvalue weighted by atomic mass is 10.1. The minimum absolute atomic E-state index is 0.122. The highest BCUT2D eigenvalue weighted by atomic mass is 35.5. The van der Waals surface area contributed by atoms with E-state index in [1.807, 2.05) is 0 Å². The van der Waals surface area contributed by atoms with Gasteiger partial charge >= 0.3 is 0 Å². The van der Waals surface area contributed by atoms with Crippen LogP contribution in [0.2, 0.25) is 5.02 Å². The molecule has 140 valence electrons. The first-order chi connectivity index (χ1) is 12.9. The van der Waals surface area contributed by atoms with Gasteiger partial charge in [0.1, 0.15) is 5.75 Å². The fourth-order valence-electron chi connectivity index (χ4n) is 2.78. The first-order valence-electron chi connectivity index (χ1n) is 8.30. The minimum atomic E-state index is -0.475. The predicted molar refractivity (Wildman–Crippen MR) is 102 cm³/mol. The topological polar surface area (TPSA) is 102 Å². The van der Waals surface area contributed by atoms with Crippen molar-refractivity contribution in [3.05, 3.63) is 53.6 Å². The van der Waals surface area contributed by atoms with Crippen molar-refractivity contribution in [3.63, 3.8) is 0 Å². The van der Waals surface area contributed by atoms with Crippen LogP contribution in [0.15, 0.2) is 48.5 Å². The van der Waals surface area contributed by atoms with Crippen LogP contribution >= 0.6 is 11.6 Å². The van der Waals surface area contributed by atoms with E-state index in [2.05, 4.69) is 5.32 Å². The summed E-state index contributed by atoms with van der Waals surface area (Å²) in [5, 5.41) is 3.21. The number of carbonyl (C=O) groups is 3. The molecule has 1 aliphatic rings. The molecule has 2 aromatic rings. The molecule has 1 unspecified atom stereocenters. The molecule has 3 N–H and O–H groups in total. The number of hydrogen-bond acceptors (Lipinski definition) is 4. The van der Waals surface area contributed by atoms with E-state index in [1.165, 1.54) is 4.90 Å². The van der Waals surface area contributed by atoms with Crippen molar-refractivity contribution >= 4 is 40.7 Å². The number of halogens is 1. The molecule has 1 atom stereocenters. The van der Waals surface area contributed by atoms with Gasteiger partial charge in [-0.2, -0.15) is 0 Å². The Kier molecular flexibility index (Phi) is 5.61. The summed E-state index contributed by atoms with van der Waals surface area (Å²) in [7, 11) is 0. The van der Waals surface area contributed by atoms with Gasteiger partial charge in [0.05, 0.1) is 5.92 Å². The molecule has 0 bridgehead atoms. The Morgan fingerprint density at radius 1 is 1.22 bits per heavy atom. The second-order valence-corrected chi connectivity index (χ2v) is 6.59. The number of benzene rings is 2. The monoisotopic (exact) mass is 387 g/mol. The molecule has 0 spiro atoms. The minimum Gasteiger partial charge on any atom is -0.484 e.